The first-order valence-electron chi connectivity index (χ1n) is 5.62. The van der Waals surface area contributed by atoms with E-state index in [0.717, 1.165) is 3.57 Å². The first-order chi connectivity index (χ1) is 9.74. The summed E-state index contributed by atoms with van der Waals surface area (Å²) < 4.78 is 41.6. The second-order valence-corrected chi connectivity index (χ2v) is 6.15. The number of ether oxygens (including phenoxy) is 1. The molecule has 112 valence electrons. The third-order valence-electron chi connectivity index (χ3n) is 2.45. The number of benzene rings is 2. The normalized spacial score (nSPS) is 11.3. The van der Waals surface area contributed by atoms with Crippen LogP contribution < -0.4 is 15.8 Å². The minimum Gasteiger partial charge on any atom is -0.405 e. The van der Waals surface area contributed by atoms with E-state index in [4.69, 9.17) is 5.73 Å². The summed E-state index contributed by atoms with van der Waals surface area (Å²) in [4.78, 5) is 0. The summed E-state index contributed by atoms with van der Waals surface area (Å²) >= 11 is 5.18. The van der Waals surface area contributed by atoms with Gasteiger partial charge in [0.15, 0.2) is 0 Å². The molecule has 3 N–H and O–H groups in total. The average Bonchev–Trinajstić information content (AvgIpc) is 2.35. The van der Waals surface area contributed by atoms with Crippen LogP contribution in [0.3, 0.4) is 0 Å². The van der Waals surface area contributed by atoms with Gasteiger partial charge in [-0.25, -0.2) is 0 Å². The van der Waals surface area contributed by atoms with Gasteiger partial charge in [0.1, 0.15) is 5.75 Å². The fraction of sp³-hybridized carbons (Fsp3) is 0.0769. The standard InChI is InChI=1S/C13H9BrF3IN2O/c14-9-6-8(2-4-12(9)21-13(15,16)17)20-11-3-1-7(18)5-10(11)19/h1-6,20H,19H2. The lowest BCUT2D eigenvalue weighted by Gasteiger charge is -2.13. The highest BCUT2D eigenvalue weighted by atomic mass is 127. The molecule has 0 radical (unpaired) electrons. The zero-order valence-corrected chi connectivity index (χ0v) is 14.1. The third-order valence-corrected chi connectivity index (χ3v) is 3.74. The van der Waals surface area contributed by atoms with Gasteiger partial charge in [0.05, 0.1) is 15.8 Å². The topological polar surface area (TPSA) is 47.3 Å². The van der Waals surface area contributed by atoms with Crippen LogP contribution >= 0.6 is 38.5 Å². The van der Waals surface area contributed by atoms with Crippen LogP contribution in [0.4, 0.5) is 30.2 Å². The van der Waals surface area contributed by atoms with Gasteiger partial charge in [0.2, 0.25) is 0 Å². The van der Waals surface area contributed by atoms with Gasteiger partial charge >= 0.3 is 6.36 Å². The quantitative estimate of drug-likeness (QED) is 0.472. The molecular formula is C13H9BrF3IN2O. The molecule has 0 bridgehead atoms. The number of alkyl halides is 3. The van der Waals surface area contributed by atoms with Crippen molar-refractivity contribution >= 4 is 55.6 Å². The van der Waals surface area contributed by atoms with E-state index in [9.17, 15) is 13.2 Å². The Hall–Kier alpha value is -1.16. The van der Waals surface area contributed by atoms with Crippen molar-refractivity contribution in [3.63, 3.8) is 0 Å². The molecule has 0 aromatic heterocycles. The molecule has 2 aromatic rings. The maximum atomic E-state index is 12.2. The van der Waals surface area contributed by atoms with E-state index in [2.05, 4.69) is 48.6 Å². The van der Waals surface area contributed by atoms with Crippen LogP contribution in [0, 0.1) is 3.57 Å². The molecule has 0 saturated carbocycles. The highest BCUT2D eigenvalue weighted by Crippen LogP contribution is 2.34. The Labute approximate surface area is 140 Å². The summed E-state index contributed by atoms with van der Waals surface area (Å²) in [5.41, 5.74) is 7.68. The van der Waals surface area contributed by atoms with Crippen LogP contribution in [0.2, 0.25) is 0 Å². The second-order valence-electron chi connectivity index (χ2n) is 4.05. The van der Waals surface area contributed by atoms with Crippen LogP contribution in [0.25, 0.3) is 0 Å². The summed E-state index contributed by atoms with van der Waals surface area (Å²) in [5, 5.41) is 3.04. The van der Waals surface area contributed by atoms with Crippen molar-refractivity contribution in [1.29, 1.82) is 0 Å². The molecule has 2 rings (SSSR count). The molecule has 0 aliphatic rings. The zero-order valence-electron chi connectivity index (χ0n) is 10.3. The Morgan fingerprint density at radius 2 is 1.86 bits per heavy atom. The molecule has 0 atom stereocenters. The summed E-state index contributed by atoms with van der Waals surface area (Å²) in [5.74, 6) is -0.302. The van der Waals surface area contributed by atoms with Gasteiger partial charge in [0.25, 0.3) is 0 Å². The van der Waals surface area contributed by atoms with Crippen molar-refractivity contribution in [2.75, 3.05) is 11.1 Å². The summed E-state index contributed by atoms with van der Waals surface area (Å²) in [7, 11) is 0. The predicted molar refractivity (Wildman–Crippen MR) is 87.7 cm³/mol. The summed E-state index contributed by atoms with van der Waals surface area (Å²) in [6.45, 7) is 0. The van der Waals surface area contributed by atoms with Gasteiger partial charge in [0, 0.05) is 9.26 Å². The van der Waals surface area contributed by atoms with Crippen molar-refractivity contribution < 1.29 is 17.9 Å². The van der Waals surface area contributed by atoms with Gasteiger partial charge in [-0.05, 0) is 74.9 Å². The average molecular weight is 473 g/mol. The van der Waals surface area contributed by atoms with Gasteiger partial charge in [-0.3, -0.25) is 0 Å². The summed E-state index contributed by atoms with van der Waals surface area (Å²) in [6, 6.07) is 9.64. The Kier molecular flexibility index (Phi) is 4.87. The number of nitrogen functional groups attached to an aromatic ring is 1. The Morgan fingerprint density at radius 1 is 1.14 bits per heavy atom. The molecule has 0 aliphatic carbocycles. The highest BCUT2D eigenvalue weighted by Gasteiger charge is 2.31. The monoisotopic (exact) mass is 472 g/mol. The number of halogens is 5. The molecular weight excluding hydrogens is 464 g/mol. The zero-order chi connectivity index (χ0) is 15.6. The molecule has 0 heterocycles. The Morgan fingerprint density at radius 3 is 2.43 bits per heavy atom. The molecule has 0 spiro atoms. The van der Waals surface area contributed by atoms with Crippen molar-refractivity contribution in [3.8, 4) is 5.75 Å². The summed E-state index contributed by atoms with van der Waals surface area (Å²) in [6.07, 6.45) is -4.72. The van der Waals surface area contributed by atoms with E-state index < -0.39 is 6.36 Å². The van der Waals surface area contributed by atoms with Crippen molar-refractivity contribution in [3.05, 3.63) is 44.4 Å². The van der Waals surface area contributed by atoms with Crippen molar-refractivity contribution in [1.82, 2.24) is 0 Å². The van der Waals surface area contributed by atoms with Crippen LogP contribution in [0.1, 0.15) is 0 Å². The number of anilines is 3. The van der Waals surface area contributed by atoms with Crippen LogP contribution in [0.15, 0.2) is 40.9 Å². The van der Waals surface area contributed by atoms with E-state index in [-0.39, 0.29) is 10.2 Å². The van der Waals surface area contributed by atoms with E-state index in [1.54, 1.807) is 12.1 Å². The minimum absolute atomic E-state index is 0.189. The Bertz CT molecular complexity index is 664. The van der Waals surface area contributed by atoms with Gasteiger partial charge in [-0.1, -0.05) is 0 Å². The first kappa shape index (κ1) is 16.2. The van der Waals surface area contributed by atoms with Gasteiger partial charge in [-0.15, -0.1) is 13.2 Å². The van der Waals surface area contributed by atoms with Crippen LogP contribution in [-0.2, 0) is 0 Å². The number of nitrogens with one attached hydrogen (secondary N) is 1. The lowest BCUT2D eigenvalue weighted by molar-refractivity contribution is -0.274. The van der Waals surface area contributed by atoms with E-state index in [0.29, 0.717) is 17.1 Å². The fourth-order valence-corrected chi connectivity index (χ4v) is 2.56. The van der Waals surface area contributed by atoms with Gasteiger partial charge < -0.3 is 15.8 Å². The molecule has 0 aliphatic heterocycles. The molecule has 3 nitrogen and oxygen atoms in total. The van der Waals surface area contributed by atoms with E-state index in [1.807, 2.05) is 6.07 Å². The fourth-order valence-electron chi connectivity index (χ4n) is 1.59. The first-order valence-corrected chi connectivity index (χ1v) is 7.49. The molecule has 0 amide bonds. The Balaban J connectivity index is 2.20. The smallest absolute Gasteiger partial charge is 0.405 e. The van der Waals surface area contributed by atoms with E-state index in [1.165, 1.54) is 18.2 Å². The van der Waals surface area contributed by atoms with Gasteiger partial charge in [-0.2, -0.15) is 0 Å². The maximum absolute atomic E-state index is 12.2. The van der Waals surface area contributed by atoms with E-state index >= 15 is 0 Å². The molecule has 21 heavy (non-hydrogen) atoms. The number of hydrogen-bond acceptors (Lipinski definition) is 3. The molecule has 0 fully saturated rings. The van der Waals surface area contributed by atoms with Crippen LogP contribution in [0.5, 0.6) is 5.75 Å². The number of nitrogens with two attached hydrogens (primary N) is 1. The molecule has 2 aromatic carbocycles. The number of rotatable bonds is 3. The largest absolute Gasteiger partial charge is 0.573 e. The predicted octanol–water partition coefficient (Wildman–Crippen LogP) is 5.28. The number of hydrogen-bond donors (Lipinski definition) is 2. The van der Waals surface area contributed by atoms with Crippen LogP contribution in [-0.4, -0.2) is 6.36 Å². The minimum atomic E-state index is -4.72. The lowest BCUT2D eigenvalue weighted by Crippen LogP contribution is -2.17. The third kappa shape index (κ3) is 4.67. The van der Waals surface area contributed by atoms with Crippen molar-refractivity contribution in [2.24, 2.45) is 0 Å². The van der Waals surface area contributed by atoms with Crippen molar-refractivity contribution in [2.45, 2.75) is 6.36 Å². The highest BCUT2D eigenvalue weighted by molar-refractivity contribution is 14.1. The lowest BCUT2D eigenvalue weighted by atomic mass is 10.2. The molecule has 8 heteroatoms. The maximum Gasteiger partial charge on any atom is 0.573 e. The second kappa shape index (κ2) is 6.30. The SMILES string of the molecule is Nc1cc(I)ccc1Nc1ccc(OC(F)(F)F)c(Br)c1. The molecule has 0 unspecified atom stereocenters. The molecule has 0 saturated heterocycles.